The lowest BCUT2D eigenvalue weighted by Crippen LogP contribution is -2.59. The highest BCUT2D eigenvalue weighted by Crippen LogP contribution is 2.48. The zero-order valence-corrected chi connectivity index (χ0v) is 25.5. The van der Waals surface area contributed by atoms with E-state index in [-0.39, 0.29) is 10.6 Å². The highest BCUT2D eigenvalue weighted by molar-refractivity contribution is 7.88. The number of rotatable bonds is 8. The van der Waals surface area contributed by atoms with Crippen LogP contribution in [0.3, 0.4) is 0 Å². The number of halogens is 4. The number of nitrogens with zero attached hydrogens (tertiary/aromatic N) is 2. The fourth-order valence-corrected chi connectivity index (χ4v) is 7.45. The van der Waals surface area contributed by atoms with Crippen molar-refractivity contribution in [2.24, 2.45) is 0 Å². The number of amides is 2. The summed E-state index contributed by atoms with van der Waals surface area (Å²) in [4.78, 5) is 33.6. The van der Waals surface area contributed by atoms with E-state index in [0.29, 0.717) is 35.4 Å². The minimum Gasteiger partial charge on any atom is -0.349 e. The van der Waals surface area contributed by atoms with Crippen molar-refractivity contribution in [3.8, 4) is 0 Å². The number of hydrogen-bond donors (Lipinski definition) is 2. The molecule has 228 valence electrons. The topological polar surface area (TPSA) is 108 Å². The van der Waals surface area contributed by atoms with Gasteiger partial charge < -0.3 is 10.2 Å². The Hall–Kier alpha value is -3.12. The van der Waals surface area contributed by atoms with Crippen molar-refractivity contribution in [2.45, 2.75) is 55.6 Å². The average Bonchev–Trinajstić information content (AvgIpc) is 2.96. The highest BCUT2D eigenvalue weighted by atomic mass is 35.5. The van der Waals surface area contributed by atoms with Crippen LogP contribution in [0.1, 0.15) is 64.8 Å². The van der Waals surface area contributed by atoms with Crippen LogP contribution in [0.2, 0.25) is 10.0 Å². The molecule has 0 radical (unpaired) electrons. The number of fused-ring (bicyclic) bond motifs is 1. The molecule has 1 fully saturated rings. The third-order valence-electron chi connectivity index (χ3n) is 7.92. The second-order valence-corrected chi connectivity index (χ2v) is 13.5. The van der Waals surface area contributed by atoms with Gasteiger partial charge in [0.05, 0.1) is 24.8 Å². The summed E-state index contributed by atoms with van der Waals surface area (Å²) in [6.07, 6.45) is 4.67. The van der Waals surface area contributed by atoms with Gasteiger partial charge in [-0.3, -0.25) is 14.6 Å². The van der Waals surface area contributed by atoms with Crippen LogP contribution in [-0.2, 0) is 20.7 Å². The molecule has 2 aliphatic rings. The van der Waals surface area contributed by atoms with E-state index >= 15 is 8.78 Å². The Balaban J connectivity index is 1.63. The maximum Gasteiger partial charge on any atom is 0.306 e. The maximum absolute atomic E-state index is 15.1. The van der Waals surface area contributed by atoms with Gasteiger partial charge in [-0.2, -0.15) is 8.78 Å². The van der Waals surface area contributed by atoms with E-state index in [1.165, 1.54) is 35.4 Å². The van der Waals surface area contributed by atoms with Gasteiger partial charge in [-0.15, -0.1) is 0 Å². The first kappa shape index (κ1) is 31.3. The van der Waals surface area contributed by atoms with E-state index in [9.17, 15) is 18.0 Å². The molecular weight excluding hydrogens is 621 g/mol. The molecule has 13 heteroatoms. The Bertz CT molecular complexity index is 1630. The van der Waals surface area contributed by atoms with Crippen molar-refractivity contribution in [1.29, 1.82) is 0 Å². The Kier molecular flexibility index (Phi) is 9.08. The number of sulfonamides is 1. The van der Waals surface area contributed by atoms with Gasteiger partial charge in [0.1, 0.15) is 5.69 Å². The maximum atomic E-state index is 15.1. The number of pyridine rings is 1. The van der Waals surface area contributed by atoms with Gasteiger partial charge in [-0.05, 0) is 54.3 Å². The molecule has 1 aliphatic heterocycles. The molecule has 2 amide bonds. The van der Waals surface area contributed by atoms with E-state index in [2.05, 4.69) is 15.0 Å². The standard InChI is InChI=1S/C30H30Cl2F2N4O4S/c1-43(41,42)37-23-10-4-5-11-24(23)38-27(21-14-13-18(31)16-22(21)32)26(19-8-2-3-9-20(19)29(38)40)28(39)36-17-30(33,34)25-12-6-7-15-35-25/h2-3,6-9,12-16,23-24,26-27,37H,4-5,10-11,17H2,1H3,(H,36,39)/t23-,24-,26+,27-/m0/s1. The Morgan fingerprint density at radius 3 is 2.47 bits per heavy atom. The third kappa shape index (κ3) is 6.69. The molecule has 2 N–H and O–H groups in total. The molecule has 1 aliphatic carbocycles. The van der Waals surface area contributed by atoms with Crippen LogP contribution in [0.25, 0.3) is 0 Å². The number of aromatic nitrogens is 1. The number of carbonyl (C=O) groups is 2. The lowest BCUT2D eigenvalue weighted by Gasteiger charge is -2.49. The minimum absolute atomic E-state index is 0.176. The second-order valence-electron chi connectivity index (χ2n) is 10.9. The quantitative estimate of drug-likeness (QED) is 0.338. The molecule has 0 unspecified atom stereocenters. The SMILES string of the molecule is CS(=O)(=O)N[C@H]1CCCC[C@@H]1N1C(=O)c2ccccc2[C@@H](C(=O)NCC(F)(F)c2ccccn2)[C@@H]1c1ccc(Cl)cc1Cl. The van der Waals surface area contributed by atoms with E-state index in [0.717, 1.165) is 12.7 Å². The number of alkyl halides is 2. The summed E-state index contributed by atoms with van der Waals surface area (Å²) in [5.74, 6) is -5.79. The predicted octanol–water partition coefficient (Wildman–Crippen LogP) is 5.44. The molecule has 2 heterocycles. The van der Waals surface area contributed by atoms with E-state index in [4.69, 9.17) is 23.2 Å². The van der Waals surface area contributed by atoms with Gasteiger partial charge in [-0.1, -0.05) is 66.4 Å². The zero-order valence-electron chi connectivity index (χ0n) is 23.1. The molecule has 8 nitrogen and oxygen atoms in total. The van der Waals surface area contributed by atoms with Crippen molar-refractivity contribution in [1.82, 2.24) is 19.9 Å². The summed E-state index contributed by atoms with van der Waals surface area (Å²) in [6, 6.07) is 13.0. The normalized spacial score (nSPS) is 22.6. The van der Waals surface area contributed by atoms with Crippen molar-refractivity contribution < 1.29 is 26.8 Å². The van der Waals surface area contributed by atoms with Crippen LogP contribution in [0, 0.1) is 0 Å². The van der Waals surface area contributed by atoms with E-state index in [1.54, 1.807) is 36.4 Å². The molecular formula is C30H30Cl2F2N4O4S. The average molecular weight is 652 g/mol. The smallest absolute Gasteiger partial charge is 0.306 e. The van der Waals surface area contributed by atoms with Crippen LogP contribution in [-0.4, -0.2) is 55.0 Å². The predicted molar refractivity (Wildman–Crippen MR) is 160 cm³/mol. The zero-order chi connectivity index (χ0) is 30.9. The monoisotopic (exact) mass is 650 g/mol. The first-order chi connectivity index (χ1) is 20.4. The first-order valence-electron chi connectivity index (χ1n) is 13.8. The van der Waals surface area contributed by atoms with Crippen molar-refractivity contribution in [2.75, 3.05) is 12.8 Å². The van der Waals surface area contributed by atoms with E-state index in [1.807, 2.05) is 0 Å². The number of hydrogen-bond acceptors (Lipinski definition) is 5. The molecule has 3 aromatic rings. The molecule has 0 bridgehead atoms. The minimum atomic E-state index is -3.65. The highest BCUT2D eigenvalue weighted by Gasteiger charge is 2.50. The van der Waals surface area contributed by atoms with Crippen molar-refractivity contribution in [3.63, 3.8) is 0 Å². The van der Waals surface area contributed by atoms with Crippen LogP contribution in [0.15, 0.2) is 66.9 Å². The van der Waals surface area contributed by atoms with Crippen molar-refractivity contribution in [3.05, 3.63) is 99.3 Å². The second kappa shape index (κ2) is 12.5. The summed E-state index contributed by atoms with van der Waals surface area (Å²) < 4.78 is 57.5. The molecule has 2 aromatic carbocycles. The molecule has 5 rings (SSSR count). The summed E-state index contributed by atoms with van der Waals surface area (Å²) in [5, 5.41) is 2.91. The summed E-state index contributed by atoms with van der Waals surface area (Å²) >= 11 is 12.9. The number of benzene rings is 2. The van der Waals surface area contributed by atoms with Crippen molar-refractivity contribution >= 4 is 45.0 Å². The van der Waals surface area contributed by atoms with E-state index < -0.39 is 64.0 Å². The molecule has 0 saturated heterocycles. The Morgan fingerprint density at radius 2 is 1.77 bits per heavy atom. The molecule has 0 spiro atoms. The van der Waals surface area contributed by atoms with Gasteiger partial charge in [0.2, 0.25) is 15.9 Å². The third-order valence-corrected chi connectivity index (χ3v) is 9.21. The largest absolute Gasteiger partial charge is 0.349 e. The van der Waals surface area contributed by atoms with Gasteiger partial charge >= 0.3 is 5.92 Å². The lowest BCUT2D eigenvalue weighted by molar-refractivity contribution is -0.126. The summed E-state index contributed by atoms with van der Waals surface area (Å²) in [6.45, 7) is -1.03. The number of carbonyl (C=O) groups excluding carboxylic acids is 2. The molecule has 1 aromatic heterocycles. The van der Waals surface area contributed by atoms with Crippen LogP contribution in [0.5, 0.6) is 0 Å². The van der Waals surface area contributed by atoms with Crippen LogP contribution >= 0.6 is 23.2 Å². The molecule has 1 saturated carbocycles. The van der Waals surface area contributed by atoms with Crippen LogP contribution < -0.4 is 10.0 Å². The van der Waals surface area contributed by atoms with Crippen LogP contribution in [0.4, 0.5) is 8.78 Å². The van der Waals surface area contributed by atoms with Gasteiger partial charge in [0.25, 0.3) is 5.91 Å². The van der Waals surface area contributed by atoms with Gasteiger partial charge in [-0.25, -0.2) is 13.1 Å². The first-order valence-corrected chi connectivity index (χ1v) is 16.4. The summed E-state index contributed by atoms with van der Waals surface area (Å²) in [7, 11) is -3.65. The molecule has 4 atom stereocenters. The summed E-state index contributed by atoms with van der Waals surface area (Å²) in [5.41, 5.74) is 0.463. The molecule has 43 heavy (non-hydrogen) atoms. The Labute approximate surface area is 258 Å². The fraction of sp³-hybridized carbons (Fsp3) is 0.367. The fourth-order valence-electron chi connectivity index (χ4n) is 6.11. The van der Waals surface area contributed by atoms with Gasteiger partial charge in [0, 0.05) is 33.9 Å². The lowest BCUT2D eigenvalue weighted by atomic mass is 9.76. The number of nitrogens with one attached hydrogen (secondary N) is 2. The Morgan fingerprint density at radius 1 is 1.05 bits per heavy atom. The van der Waals surface area contributed by atoms with Gasteiger partial charge in [0.15, 0.2) is 0 Å².